The molecule has 0 aliphatic carbocycles. The Morgan fingerprint density at radius 2 is 2.05 bits per heavy atom. The Bertz CT molecular complexity index is 466. The number of phenols is 1. The standard InChI is InChI=1S/C14H19BrO4/c1-5-8-6-9(19-4)13(18)11(12(8)15)14(2,3)7-10(16)17/h6,18H,5,7H2,1-4H3,(H,16,17). The molecule has 2 N–H and O–H groups in total. The highest BCUT2D eigenvalue weighted by Crippen LogP contribution is 2.45. The van der Waals surface area contributed by atoms with Crippen LogP contribution in [0, 0.1) is 0 Å². The zero-order valence-electron chi connectivity index (χ0n) is 11.6. The Kier molecular flexibility index (Phi) is 4.85. The van der Waals surface area contributed by atoms with E-state index >= 15 is 0 Å². The number of hydrogen-bond donors (Lipinski definition) is 2. The van der Waals surface area contributed by atoms with Gasteiger partial charge in [-0.2, -0.15) is 0 Å². The fraction of sp³-hybridized carbons (Fsp3) is 0.500. The van der Waals surface area contributed by atoms with Crippen LogP contribution in [0.3, 0.4) is 0 Å². The van der Waals surface area contributed by atoms with Gasteiger partial charge in [0.15, 0.2) is 11.5 Å². The Hall–Kier alpha value is -1.23. The van der Waals surface area contributed by atoms with Crippen LogP contribution in [-0.2, 0) is 16.6 Å². The largest absolute Gasteiger partial charge is 0.504 e. The van der Waals surface area contributed by atoms with Crippen LogP contribution < -0.4 is 4.74 Å². The summed E-state index contributed by atoms with van der Waals surface area (Å²) in [6, 6.07) is 1.76. The normalized spacial score (nSPS) is 11.4. The molecular formula is C14H19BrO4. The molecule has 1 aromatic rings. The first kappa shape index (κ1) is 15.8. The van der Waals surface area contributed by atoms with Crippen LogP contribution in [0.1, 0.15) is 38.3 Å². The van der Waals surface area contributed by atoms with Crippen LogP contribution in [0.25, 0.3) is 0 Å². The minimum absolute atomic E-state index is 0.00201. The van der Waals surface area contributed by atoms with Gasteiger partial charge in [-0.15, -0.1) is 0 Å². The van der Waals surface area contributed by atoms with Crippen LogP contribution in [0.4, 0.5) is 0 Å². The Labute approximate surface area is 121 Å². The number of aromatic hydroxyl groups is 1. The highest BCUT2D eigenvalue weighted by molar-refractivity contribution is 9.10. The summed E-state index contributed by atoms with van der Waals surface area (Å²) in [5.41, 5.74) is 0.849. The molecule has 0 amide bonds. The second-order valence-electron chi connectivity index (χ2n) is 5.08. The molecule has 0 aliphatic heterocycles. The highest BCUT2D eigenvalue weighted by atomic mass is 79.9. The van der Waals surface area contributed by atoms with E-state index in [2.05, 4.69) is 15.9 Å². The van der Waals surface area contributed by atoms with Crippen molar-refractivity contribution in [2.75, 3.05) is 7.11 Å². The van der Waals surface area contributed by atoms with E-state index in [1.807, 2.05) is 6.92 Å². The van der Waals surface area contributed by atoms with E-state index in [0.717, 1.165) is 16.5 Å². The first-order valence-corrected chi connectivity index (χ1v) is 6.84. The number of phenolic OH excluding ortho intramolecular Hbond substituents is 1. The number of carboxylic acids is 1. The predicted octanol–water partition coefficient (Wildman–Crippen LogP) is 3.48. The van der Waals surface area contributed by atoms with Crippen molar-refractivity contribution < 1.29 is 19.7 Å². The molecule has 0 aromatic heterocycles. The number of aliphatic carboxylic acids is 1. The van der Waals surface area contributed by atoms with Crippen molar-refractivity contribution in [3.05, 3.63) is 21.7 Å². The lowest BCUT2D eigenvalue weighted by molar-refractivity contribution is -0.138. The van der Waals surface area contributed by atoms with E-state index in [1.54, 1.807) is 19.9 Å². The summed E-state index contributed by atoms with van der Waals surface area (Å²) in [5.74, 6) is -0.538. The summed E-state index contributed by atoms with van der Waals surface area (Å²) in [7, 11) is 1.48. The van der Waals surface area contributed by atoms with Crippen molar-refractivity contribution >= 4 is 21.9 Å². The van der Waals surface area contributed by atoms with Gasteiger partial charge in [-0.05, 0) is 18.1 Å². The van der Waals surface area contributed by atoms with Gasteiger partial charge in [0.25, 0.3) is 0 Å². The van der Waals surface area contributed by atoms with Crippen LogP contribution >= 0.6 is 15.9 Å². The Morgan fingerprint density at radius 3 is 2.47 bits per heavy atom. The average Bonchev–Trinajstić information content (AvgIpc) is 2.27. The minimum atomic E-state index is -0.905. The fourth-order valence-electron chi connectivity index (χ4n) is 2.17. The predicted molar refractivity (Wildman–Crippen MR) is 77.0 cm³/mol. The molecule has 106 valence electrons. The van der Waals surface area contributed by atoms with Gasteiger partial charge in [0.05, 0.1) is 13.5 Å². The Balaban J connectivity index is 3.52. The fourth-order valence-corrected chi connectivity index (χ4v) is 3.29. The number of rotatable bonds is 5. The molecule has 19 heavy (non-hydrogen) atoms. The quantitative estimate of drug-likeness (QED) is 0.867. The number of methoxy groups -OCH3 is 1. The van der Waals surface area contributed by atoms with Crippen molar-refractivity contribution in [1.82, 2.24) is 0 Å². The third-order valence-corrected chi connectivity index (χ3v) is 4.05. The van der Waals surface area contributed by atoms with Crippen molar-refractivity contribution in [1.29, 1.82) is 0 Å². The lowest BCUT2D eigenvalue weighted by Gasteiger charge is -2.27. The zero-order valence-corrected chi connectivity index (χ0v) is 13.2. The number of hydrogen-bond acceptors (Lipinski definition) is 3. The highest BCUT2D eigenvalue weighted by Gasteiger charge is 2.32. The van der Waals surface area contributed by atoms with Gasteiger partial charge in [0.1, 0.15) is 0 Å². The number of ether oxygens (including phenoxy) is 1. The third-order valence-electron chi connectivity index (χ3n) is 3.15. The van der Waals surface area contributed by atoms with Crippen LogP contribution in [-0.4, -0.2) is 23.3 Å². The lowest BCUT2D eigenvalue weighted by Crippen LogP contribution is -2.23. The van der Waals surface area contributed by atoms with E-state index in [1.165, 1.54) is 7.11 Å². The van der Waals surface area contributed by atoms with Gasteiger partial charge in [-0.1, -0.05) is 36.7 Å². The maximum atomic E-state index is 11.0. The molecule has 0 radical (unpaired) electrons. The minimum Gasteiger partial charge on any atom is -0.504 e. The van der Waals surface area contributed by atoms with Crippen LogP contribution in [0.5, 0.6) is 11.5 Å². The van der Waals surface area contributed by atoms with Gasteiger partial charge in [0.2, 0.25) is 0 Å². The second kappa shape index (κ2) is 5.82. The smallest absolute Gasteiger partial charge is 0.304 e. The maximum absolute atomic E-state index is 11.0. The topological polar surface area (TPSA) is 66.8 Å². The maximum Gasteiger partial charge on any atom is 0.304 e. The Morgan fingerprint density at radius 1 is 1.47 bits per heavy atom. The molecule has 0 heterocycles. The van der Waals surface area contributed by atoms with Crippen molar-refractivity contribution in [3.8, 4) is 11.5 Å². The summed E-state index contributed by atoms with van der Waals surface area (Å²) >= 11 is 3.47. The van der Waals surface area contributed by atoms with E-state index in [0.29, 0.717) is 11.3 Å². The summed E-state index contributed by atoms with van der Waals surface area (Å²) in [6.07, 6.45) is 0.683. The molecule has 1 rings (SSSR count). The zero-order chi connectivity index (χ0) is 14.8. The first-order chi connectivity index (χ1) is 8.74. The first-order valence-electron chi connectivity index (χ1n) is 6.05. The number of carbonyl (C=O) groups is 1. The van der Waals surface area contributed by atoms with E-state index in [4.69, 9.17) is 9.84 Å². The SMILES string of the molecule is CCc1cc(OC)c(O)c(C(C)(C)CC(=O)O)c1Br. The van der Waals surface area contributed by atoms with E-state index < -0.39 is 11.4 Å². The number of benzene rings is 1. The molecular weight excluding hydrogens is 312 g/mol. The molecule has 0 saturated carbocycles. The summed E-state index contributed by atoms with van der Waals surface area (Å²) in [4.78, 5) is 11.0. The monoisotopic (exact) mass is 330 g/mol. The van der Waals surface area contributed by atoms with Crippen LogP contribution in [0.15, 0.2) is 10.5 Å². The molecule has 0 fully saturated rings. The van der Waals surface area contributed by atoms with Crippen LogP contribution in [0.2, 0.25) is 0 Å². The van der Waals surface area contributed by atoms with Gasteiger partial charge >= 0.3 is 5.97 Å². The molecule has 0 atom stereocenters. The van der Waals surface area contributed by atoms with Gasteiger partial charge in [-0.25, -0.2) is 0 Å². The van der Waals surface area contributed by atoms with Gasteiger partial charge in [0, 0.05) is 15.5 Å². The molecule has 1 aromatic carbocycles. The van der Waals surface area contributed by atoms with Gasteiger partial charge in [-0.3, -0.25) is 4.79 Å². The average molecular weight is 331 g/mol. The lowest BCUT2D eigenvalue weighted by atomic mass is 9.80. The summed E-state index contributed by atoms with van der Waals surface area (Å²) in [6.45, 7) is 5.57. The molecule has 0 saturated heterocycles. The second-order valence-corrected chi connectivity index (χ2v) is 5.88. The molecule has 0 aliphatic rings. The van der Waals surface area contributed by atoms with Crippen molar-refractivity contribution in [3.63, 3.8) is 0 Å². The molecule has 0 unspecified atom stereocenters. The number of carboxylic acid groups (broad SMARTS) is 1. The molecule has 0 bridgehead atoms. The summed E-state index contributed by atoms with van der Waals surface area (Å²) < 4.78 is 5.91. The summed E-state index contributed by atoms with van der Waals surface area (Å²) in [5, 5.41) is 19.3. The van der Waals surface area contributed by atoms with Crippen molar-refractivity contribution in [2.24, 2.45) is 0 Å². The molecule has 5 heteroatoms. The van der Waals surface area contributed by atoms with Gasteiger partial charge < -0.3 is 14.9 Å². The molecule has 4 nitrogen and oxygen atoms in total. The number of halogens is 1. The van der Waals surface area contributed by atoms with E-state index in [-0.39, 0.29) is 12.2 Å². The number of aryl methyl sites for hydroxylation is 1. The molecule has 0 spiro atoms. The van der Waals surface area contributed by atoms with Crippen molar-refractivity contribution in [2.45, 2.75) is 39.0 Å². The third kappa shape index (κ3) is 3.21. The van der Waals surface area contributed by atoms with E-state index in [9.17, 15) is 9.90 Å².